The molecular formula is C23H34O4. The number of esters is 1. The van der Waals surface area contributed by atoms with E-state index in [2.05, 4.69) is 19.1 Å². The Labute approximate surface area is 163 Å². The topological polar surface area (TPSA) is 44.8 Å². The van der Waals surface area contributed by atoms with Crippen LogP contribution in [0.15, 0.2) is 24.3 Å². The molecule has 0 N–H and O–H groups in total. The molecule has 2 fully saturated rings. The Morgan fingerprint density at radius 3 is 2.78 bits per heavy atom. The Morgan fingerprint density at radius 2 is 1.96 bits per heavy atom. The van der Waals surface area contributed by atoms with Gasteiger partial charge in [-0.25, -0.2) is 0 Å². The summed E-state index contributed by atoms with van der Waals surface area (Å²) in [6, 6.07) is 8.30. The number of benzene rings is 1. The fourth-order valence-corrected chi connectivity index (χ4v) is 4.14. The highest BCUT2D eigenvalue weighted by atomic mass is 16.7. The molecule has 4 heteroatoms. The first-order chi connectivity index (χ1) is 13.3. The van der Waals surface area contributed by atoms with Crippen molar-refractivity contribution < 1.29 is 19.0 Å². The van der Waals surface area contributed by atoms with Gasteiger partial charge < -0.3 is 14.2 Å². The summed E-state index contributed by atoms with van der Waals surface area (Å²) in [5.41, 5.74) is 1.22. The lowest BCUT2D eigenvalue weighted by molar-refractivity contribution is -0.151. The zero-order chi connectivity index (χ0) is 18.9. The molecule has 4 nitrogen and oxygen atoms in total. The molecule has 0 radical (unpaired) electrons. The second-order valence-electron chi connectivity index (χ2n) is 7.86. The summed E-state index contributed by atoms with van der Waals surface area (Å²) in [6.07, 6.45) is 11.1. The number of rotatable bonds is 8. The molecule has 27 heavy (non-hydrogen) atoms. The van der Waals surface area contributed by atoms with Gasteiger partial charge in [0.15, 0.2) is 6.29 Å². The second-order valence-corrected chi connectivity index (χ2v) is 7.86. The molecule has 1 saturated carbocycles. The van der Waals surface area contributed by atoms with Gasteiger partial charge in [0, 0.05) is 18.8 Å². The maximum atomic E-state index is 12.2. The van der Waals surface area contributed by atoms with E-state index < -0.39 is 0 Å². The van der Waals surface area contributed by atoms with Crippen molar-refractivity contribution in [2.75, 3.05) is 6.61 Å². The molecule has 1 aromatic carbocycles. The van der Waals surface area contributed by atoms with Crippen molar-refractivity contribution >= 4 is 5.97 Å². The molecule has 0 aromatic heterocycles. The smallest absolute Gasteiger partial charge is 0.306 e. The van der Waals surface area contributed by atoms with Gasteiger partial charge >= 0.3 is 5.97 Å². The van der Waals surface area contributed by atoms with Crippen LogP contribution in [-0.4, -0.2) is 25.0 Å². The van der Waals surface area contributed by atoms with Crippen molar-refractivity contribution in [1.82, 2.24) is 0 Å². The molecule has 1 unspecified atom stereocenters. The second kappa shape index (κ2) is 10.7. The van der Waals surface area contributed by atoms with Crippen LogP contribution in [0.4, 0.5) is 0 Å². The van der Waals surface area contributed by atoms with Crippen LogP contribution < -0.4 is 4.74 Å². The van der Waals surface area contributed by atoms with Gasteiger partial charge in [-0.2, -0.15) is 0 Å². The van der Waals surface area contributed by atoms with Crippen LogP contribution in [0.1, 0.15) is 89.0 Å². The summed E-state index contributed by atoms with van der Waals surface area (Å²) in [5, 5.41) is 0. The number of carbonyl (C=O) groups is 1. The molecule has 0 amide bonds. The zero-order valence-electron chi connectivity index (χ0n) is 16.7. The van der Waals surface area contributed by atoms with Gasteiger partial charge in [-0.05, 0) is 56.2 Å². The van der Waals surface area contributed by atoms with Crippen LogP contribution in [0, 0.1) is 0 Å². The van der Waals surface area contributed by atoms with Crippen molar-refractivity contribution in [3.05, 3.63) is 29.8 Å². The average molecular weight is 375 g/mol. The third-order valence-corrected chi connectivity index (χ3v) is 5.66. The molecule has 1 heterocycles. The van der Waals surface area contributed by atoms with E-state index in [4.69, 9.17) is 14.2 Å². The monoisotopic (exact) mass is 374 g/mol. The highest BCUT2D eigenvalue weighted by molar-refractivity contribution is 5.69. The van der Waals surface area contributed by atoms with Crippen molar-refractivity contribution in [3.63, 3.8) is 0 Å². The number of unbranched alkanes of at least 4 members (excludes halogenated alkanes) is 2. The molecule has 0 spiro atoms. The van der Waals surface area contributed by atoms with Crippen molar-refractivity contribution in [2.24, 2.45) is 0 Å². The standard InChI is InChI=1S/C23H34O4/c1-2-3-4-14-22(24)27-21-13-6-5-12-20(21)18-10-9-11-19(17-18)26-23-15-7-8-16-25-23/h9-11,17,20-21,23H,2-8,12-16H2,1H3/t20-,21+,23?/m1/s1. The van der Waals surface area contributed by atoms with E-state index in [1.54, 1.807) is 0 Å². The first-order valence-electron chi connectivity index (χ1n) is 10.8. The van der Waals surface area contributed by atoms with Gasteiger partial charge in [0.25, 0.3) is 0 Å². The van der Waals surface area contributed by atoms with Gasteiger partial charge in [-0.3, -0.25) is 4.79 Å². The first kappa shape index (κ1) is 20.2. The summed E-state index contributed by atoms with van der Waals surface area (Å²) in [6.45, 7) is 2.93. The largest absolute Gasteiger partial charge is 0.465 e. The Kier molecular flexibility index (Phi) is 8.00. The van der Waals surface area contributed by atoms with E-state index in [1.165, 1.54) is 12.0 Å². The number of hydrogen-bond acceptors (Lipinski definition) is 4. The zero-order valence-corrected chi connectivity index (χ0v) is 16.7. The maximum absolute atomic E-state index is 12.2. The Bertz CT molecular complexity index is 579. The molecule has 3 rings (SSSR count). The molecule has 1 aliphatic carbocycles. The van der Waals surface area contributed by atoms with Crippen molar-refractivity contribution in [2.45, 2.75) is 95.9 Å². The van der Waals surface area contributed by atoms with Crippen LogP contribution in [0.25, 0.3) is 0 Å². The van der Waals surface area contributed by atoms with Gasteiger partial charge in [0.2, 0.25) is 0 Å². The summed E-state index contributed by atoms with van der Waals surface area (Å²) in [4.78, 5) is 12.2. The summed E-state index contributed by atoms with van der Waals surface area (Å²) < 4.78 is 17.6. The Morgan fingerprint density at radius 1 is 1.11 bits per heavy atom. The minimum absolute atomic E-state index is 0.00550. The number of carbonyl (C=O) groups excluding carboxylic acids is 1. The van der Waals surface area contributed by atoms with Crippen molar-refractivity contribution in [3.8, 4) is 5.75 Å². The summed E-state index contributed by atoms with van der Waals surface area (Å²) in [7, 11) is 0. The van der Waals surface area contributed by atoms with E-state index >= 15 is 0 Å². The summed E-state index contributed by atoms with van der Waals surface area (Å²) in [5.74, 6) is 1.09. The highest BCUT2D eigenvalue weighted by Crippen LogP contribution is 2.36. The fourth-order valence-electron chi connectivity index (χ4n) is 4.14. The predicted molar refractivity (Wildman–Crippen MR) is 106 cm³/mol. The first-order valence-corrected chi connectivity index (χ1v) is 10.8. The third-order valence-electron chi connectivity index (χ3n) is 5.66. The van der Waals surface area contributed by atoms with E-state index in [9.17, 15) is 4.79 Å². The molecule has 150 valence electrons. The van der Waals surface area contributed by atoms with Crippen molar-refractivity contribution in [1.29, 1.82) is 0 Å². The van der Waals surface area contributed by atoms with Gasteiger partial charge in [0.1, 0.15) is 11.9 Å². The molecule has 1 saturated heterocycles. The molecule has 2 aliphatic rings. The third kappa shape index (κ3) is 6.24. The minimum Gasteiger partial charge on any atom is -0.465 e. The normalized spacial score (nSPS) is 25.7. The van der Waals surface area contributed by atoms with E-state index in [0.29, 0.717) is 6.42 Å². The van der Waals surface area contributed by atoms with Gasteiger partial charge in [-0.1, -0.05) is 38.3 Å². The van der Waals surface area contributed by atoms with Gasteiger partial charge in [-0.15, -0.1) is 0 Å². The van der Waals surface area contributed by atoms with E-state index in [1.807, 2.05) is 12.1 Å². The molecule has 3 atom stereocenters. The number of ether oxygens (including phenoxy) is 3. The predicted octanol–water partition coefficient (Wildman–Crippen LogP) is 5.74. The van der Waals surface area contributed by atoms with Crippen LogP contribution in [0.5, 0.6) is 5.75 Å². The lowest BCUT2D eigenvalue weighted by Gasteiger charge is -2.32. The molecule has 1 aliphatic heterocycles. The highest BCUT2D eigenvalue weighted by Gasteiger charge is 2.30. The fraction of sp³-hybridized carbons (Fsp3) is 0.696. The van der Waals surface area contributed by atoms with Gasteiger partial charge in [0.05, 0.1) is 6.61 Å². The van der Waals surface area contributed by atoms with Crippen LogP contribution in [-0.2, 0) is 14.3 Å². The van der Waals surface area contributed by atoms with Crippen LogP contribution in [0.3, 0.4) is 0 Å². The quantitative estimate of drug-likeness (QED) is 0.430. The number of hydrogen-bond donors (Lipinski definition) is 0. The molecule has 0 bridgehead atoms. The minimum atomic E-state index is -0.132. The Balaban J connectivity index is 1.61. The lowest BCUT2D eigenvalue weighted by Crippen LogP contribution is -2.29. The molecule has 1 aromatic rings. The molecular weight excluding hydrogens is 340 g/mol. The SMILES string of the molecule is CCCCCC(=O)O[C@H]1CCCC[C@@H]1c1cccc(OC2CCCCO2)c1. The van der Waals surface area contributed by atoms with Crippen LogP contribution >= 0.6 is 0 Å². The van der Waals surface area contributed by atoms with E-state index in [-0.39, 0.29) is 24.3 Å². The van der Waals surface area contributed by atoms with Crippen LogP contribution in [0.2, 0.25) is 0 Å². The average Bonchev–Trinajstić information content (AvgIpc) is 2.70. The van der Waals surface area contributed by atoms with E-state index in [0.717, 1.165) is 70.1 Å². The lowest BCUT2D eigenvalue weighted by atomic mass is 9.81. The maximum Gasteiger partial charge on any atom is 0.306 e. The summed E-state index contributed by atoms with van der Waals surface area (Å²) >= 11 is 0. The Hall–Kier alpha value is -1.55.